The van der Waals surface area contributed by atoms with Gasteiger partial charge >= 0.3 is 0 Å². The van der Waals surface area contributed by atoms with Crippen LogP contribution >= 0.6 is 11.6 Å². The Labute approximate surface area is 246 Å². The van der Waals surface area contributed by atoms with Crippen LogP contribution in [-0.2, 0) is 0 Å². The van der Waals surface area contributed by atoms with E-state index in [9.17, 15) is 9.59 Å². The molecule has 12 heteroatoms. The Bertz CT molecular complexity index is 1890. The monoisotopic (exact) mass is 577 g/mol. The SMILES string of the molecule is C#Cc1nc(C(N)=O)n(-c2cccnc2)c1C.Cc1c(C#Cc2nc(C(N)=O)n(-c3cccnc3)c2C)ccnc1Cl. The lowest BCUT2D eigenvalue weighted by Crippen LogP contribution is -2.18. The number of hydrogen-bond acceptors (Lipinski definition) is 7. The molecule has 0 saturated heterocycles. The van der Waals surface area contributed by atoms with Gasteiger partial charge < -0.3 is 11.5 Å². The van der Waals surface area contributed by atoms with E-state index in [4.69, 9.17) is 29.5 Å². The van der Waals surface area contributed by atoms with Crippen LogP contribution in [0.2, 0.25) is 5.15 Å². The van der Waals surface area contributed by atoms with Crippen molar-refractivity contribution in [1.82, 2.24) is 34.1 Å². The summed E-state index contributed by atoms with van der Waals surface area (Å²) in [6, 6.07) is 8.92. The van der Waals surface area contributed by atoms with Crippen molar-refractivity contribution in [2.75, 3.05) is 0 Å². The molecular formula is C30H24ClN9O2. The van der Waals surface area contributed by atoms with Crippen LogP contribution in [0.5, 0.6) is 0 Å². The van der Waals surface area contributed by atoms with E-state index in [0.717, 1.165) is 11.1 Å². The Morgan fingerprint density at radius 2 is 1.33 bits per heavy atom. The molecule has 0 fully saturated rings. The number of nitrogens with two attached hydrogens (primary N) is 2. The van der Waals surface area contributed by atoms with Gasteiger partial charge in [-0.25, -0.2) is 15.0 Å². The zero-order chi connectivity index (χ0) is 30.4. The van der Waals surface area contributed by atoms with Gasteiger partial charge in [-0.1, -0.05) is 17.5 Å². The van der Waals surface area contributed by atoms with Crippen molar-refractivity contribution in [2.45, 2.75) is 20.8 Å². The van der Waals surface area contributed by atoms with Gasteiger partial charge in [-0.15, -0.1) is 6.42 Å². The van der Waals surface area contributed by atoms with Crippen molar-refractivity contribution in [1.29, 1.82) is 0 Å². The summed E-state index contributed by atoms with van der Waals surface area (Å²) in [6.45, 7) is 5.44. The Morgan fingerprint density at radius 3 is 1.81 bits per heavy atom. The lowest BCUT2D eigenvalue weighted by atomic mass is 10.1. The molecular weight excluding hydrogens is 554 g/mol. The lowest BCUT2D eigenvalue weighted by Gasteiger charge is -2.06. The number of carbonyl (C=O) groups is 2. The van der Waals surface area contributed by atoms with Crippen LogP contribution in [0.1, 0.15) is 55.1 Å². The van der Waals surface area contributed by atoms with E-state index >= 15 is 0 Å². The summed E-state index contributed by atoms with van der Waals surface area (Å²) in [6.07, 6.45) is 13.4. The Morgan fingerprint density at radius 1 is 0.810 bits per heavy atom. The number of hydrogen-bond donors (Lipinski definition) is 2. The van der Waals surface area contributed by atoms with Crippen LogP contribution in [0.3, 0.4) is 0 Å². The van der Waals surface area contributed by atoms with Crippen molar-refractivity contribution >= 4 is 23.4 Å². The first-order valence-corrected chi connectivity index (χ1v) is 12.7. The summed E-state index contributed by atoms with van der Waals surface area (Å²) in [7, 11) is 0. The third-order valence-electron chi connectivity index (χ3n) is 6.06. The molecule has 5 aromatic heterocycles. The summed E-state index contributed by atoms with van der Waals surface area (Å²) in [5.41, 5.74) is 15.9. The number of rotatable bonds is 4. The van der Waals surface area contributed by atoms with E-state index in [1.165, 1.54) is 0 Å². The summed E-state index contributed by atoms with van der Waals surface area (Å²) >= 11 is 6.01. The molecule has 0 saturated carbocycles. The highest BCUT2D eigenvalue weighted by Crippen LogP contribution is 2.19. The third kappa shape index (κ3) is 6.02. The summed E-state index contributed by atoms with van der Waals surface area (Å²) in [5, 5.41) is 0.405. The molecule has 5 aromatic rings. The second kappa shape index (κ2) is 12.6. The highest BCUT2D eigenvalue weighted by atomic mass is 35.5. The molecule has 4 N–H and O–H groups in total. The standard InChI is InChI=1S/C18H14ClN5O.C12H10N4O/c1-11-13(7-9-22-16(11)19)5-6-15-12(2)24(18(23-15)17(20)25)14-4-3-8-21-10-14;1-3-10-8(2)16(12(15-10)11(13)17)9-5-4-6-14-7-9/h3-4,7-10H,1-2H3,(H2,20,25);1,4-7H,2H3,(H2,13,17). The van der Waals surface area contributed by atoms with Crippen molar-refractivity contribution in [3.8, 4) is 35.6 Å². The fourth-order valence-corrected chi connectivity index (χ4v) is 4.12. The molecule has 5 rings (SSSR count). The van der Waals surface area contributed by atoms with Crippen LogP contribution in [0.25, 0.3) is 11.4 Å². The van der Waals surface area contributed by atoms with E-state index < -0.39 is 11.8 Å². The molecule has 11 nitrogen and oxygen atoms in total. The number of carbonyl (C=O) groups excluding carboxylic acids is 2. The molecule has 2 amide bonds. The minimum atomic E-state index is -0.636. The molecule has 0 aliphatic carbocycles. The first kappa shape index (κ1) is 29.2. The maximum Gasteiger partial charge on any atom is 0.285 e. The third-order valence-corrected chi connectivity index (χ3v) is 6.44. The van der Waals surface area contributed by atoms with Gasteiger partial charge in [-0.3, -0.25) is 28.7 Å². The Hall–Kier alpha value is -5.78. The predicted octanol–water partition coefficient (Wildman–Crippen LogP) is 3.09. The molecule has 0 radical (unpaired) electrons. The first-order valence-electron chi connectivity index (χ1n) is 12.3. The molecule has 0 aliphatic rings. The van der Waals surface area contributed by atoms with Crippen molar-refractivity contribution < 1.29 is 9.59 Å². The Kier molecular flexibility index (Phi) is 8.76. The largest absolute Gasteiger partial charge is 0.363 e. The van der Waals surface area contributed by atoms with Crippen LogP contribution in [0.15, 0.2) is 61.3 Å². The Balaban J connectivity index is 0.000000208. The van der Waals surface area contributed by atoms with E-state index in [-0.39, 0.29) is 11.6 Å². The summed E-state index contributed by atoms with van der Waals surface area (Å²) < 4.78 is 3.25. The van der Waals surface area contributed by atoms with Crippen molar-refractivity contribution in [3.63, 3.8) is 0 Å². The van der Waals surface area contributed by atoms with Gasteiger partial charge in [-0.05, 0) is 62.9 Å². The average Bonchev–Trinajstić information content (AvgIpc) is 3.51. The summed E-state index contributed by atoms with van der Waals surface area (Å²) in [5.74, 6) is 7.39. The van der Waals surface area contributed by atoms with Crippen LogP contribution in [-0.4, -0.2) is 45.9 Å². The fourth-order valence-electron chi connectivity index (χ4n) is 3.96. The second-order valence-electron chi connectivity index (χ2n) is 8.73. The number of pyridine rings is 3. The normalized spacial score (nSPS) is 10.1. The van der Waals surface area contributed by atoms with Gasteiger partial charge in [0.15, 0.2) is 0 Å². The molecule has 42 heavy (non-hydrogen) atoms. The van der Waals surface area contributed by atoms with Crippen LogP contribution in [0, 0.1) is 45.0 Å². The smallest absolute Gasteiger partial charge is 0.285 e. The quantitative estimate of drug-likeness (QED) is 0.245. The number of nitrogens with zero attached hydrogens (tertiary/aromatic N) is 7. The van der Waals surface area contributed by atoms with Gasteiger partial charge in [0.25, 0.3) is 11.8 Å². The van der Waals surface area contributed by atoms with E-state index in [1.54, 1.807) is 71.3 Å². The van der Waals surface area contributed by atoms with Gasteiger partial charge in [0, 0.05) is 29.7 Å². The minimum absolute atomic E-state index is 0.110. The van der Waals surface area contributed by atoms with E-state index in [0.29, 0.717) is 39.3 Å². The fraction of sp³-hybridized carbons (Fsp3) is 0.100. The van der Waals surface area contributed by atoms with Gasteiger partial charge in [0.2, 0.25) is 11.6 Å². The van der Waals surface area contributed by atoms with E-state index in [2.05, 4.69) is 42.7 Å². The molecule has 208 valence electrons. The van der Waals surface area contributed by atoms with Crippen molar-refractivity contribution in [3.05, 3.63) is 112 Å². The number of amides is 2. The number of halogens is 1. The molecule has 0 aromatic carbocycles. The van der Waals surface area contributed by atoms with Gasteiger partial charge in [0.05, 0.1) is 35.2 Å². The zero-order valence-electron chi connectivity index (χ0n) is 22.8. The average molecular weight is 578 g/mol. The second-order valence-corrected chi connectivity index (χ2v) is 9.09. The van der Waals surface area contributed by atoms with Crippen molar-refractivity contribution in [2.24, 2.45) is 11.5 Å². The predicted molar refractivity (Wildman–Crippen MR) is 157 cm³/mol. The molecule has 5 heterocycles. The number of primary amides is 2. The minimum Gasteiger partial charge on any atom is -0.363 e. The first-order chi connectivity index (χ1) is 20.1. The summed E-state index contributed by atoms with van der Waals surface area (Å²) in [4.78, 5) is 43.5. The number of terminal acetylenes is 1. The lowest BCUT2D eigenvalue weighted by molar-refractivity contribution is 0.0980. The molecule has 0 atom stereocenters. The molecule has 0 bridgehead atoms. The topological polar surface area (TPSA) is 160 Å². The highest BCUT2D eigenvalue weighted by molar-refractivity contribution is 6.30. The van der Waals surface area contributed by atoms with Crippen LogP contribution in [0.4, 0.5) is 0 Å². The molecule has 0 aliphatic heterocycles. The molecule has 0 unspecified atom stereocenters. The van der Waals surface area contributed by atoms with Gasteiger partial charge in [-0.2, -0.15) is 0 Å². The number of imidazole rings is 2. The zero-order valence-corrected chi connectivity index (χ0v) is 23.6. The number of aromatic nitrogens is 7. The highest BCUT2D eigenvalue weighted by Gasteiger charge is 2.19. The maximum atomic E-state index is 11.8. The van der Waals surface area contributed by atoms with Gasteiger partial charge in [0.1, 0.15) is 16.5 Å². The van der Waals surface area contributed by atoms with Crippen LogP contribution < -0.4 is 11.5 Å². The molecule has 0 spiro atoms. The van der Waals surface area contributed by atoms with E-state index in [1.807, 2.05) is 19.9 Å². The maximum absolute atomic E-state index is 11.8.